The Bertz CT molecular complexity index is 883. The van der Waals surface area contributed by atoms with E-state index in [4.69, 9.17) is 23.8 Å². The van der Waals surface area contributed by atoms with Crippen molar-refractivity contribution in [2.75, 3.05) is 0 Å². The average Bonchev–Trinajstić information content (AvgIpc) is 2.66. The van der Waals surface area contributed by atoms with Crippen LogP contribution in [0, 0.1) is 23.3 Å². The fraction of sp³-hybridized carbons (Fsp3) is 0.0714. The maximum Gasteiger partial charge on any atom is 0.182 e. The number of halogens is 3. The van der Waals surface area contributed by atoms with Gasteiger partial charge in [0.2, 0.25) is 0 Å². The molecule has 0 aliphatic rings. The molecule has 102 valence electrons. The third-order valence-electron chi connectivity index (χ3n) is 3.12. The molecular weight excluding hydrogens is 302 g/mol. The lowest BCUT2D eigenvalue weighted by molar-refractivity contribution is 0.626. The number of hydrogen-bond donors (Lipinski definition) is 1. The topological polar surface area (TPSA) is 20.7 Å². The molecular formula is C14H9ClF2N2S. The Morgan fingerprint density at radius 2 is 1.95 bits per heavy atom. The van der Waals surface area contributed by atoms with Crippen LogP contribution in [0.1, 0.15) is 5.56 Å². The maximum atomic E-state index is 13.5. The second-order valence-corrected chi connectivity index (χ2v) is 5.27. The first-order valence-corrected chi connectivity index (χ1v) is 6.62. The van der Waals surface area contributed by atoms with Crippen LogP contribution in [-0.2, 0) is 0 Å². The molecule has 0 atom stereocenters. The third kappa shape index (κ3) is 2.03. The van der Waals surface area contributed by atoms with Gasteiger partial charge >= 0.3 is 0 Å². The van der Waals surface area contributed by atoms with E-state index in [-0.39, 0.29) is 10.8 Å². The monoisotopic (exact) mass is 310 g/mol. The van der Waals surface area contributed by atoms with Crippen LogP contribution >= 0.6 is 23.8 Å². The lowest BCUT2D eigenvalue weighted by atomic mass is 10.2. The Kier molecular flexibility index (Phi) is 3.11. The lowest BCUT2D eigenvalue weighted by Gasteiger charge is -2.08. The van der Waals surface area contributed by atoms with Gasteiger partial charge < -0.3 is 4.98 Å². The molecule has 3 aromatic rings. The quantitative estimate of drug-likeness (QED) is 0.632. The molecule has 1 heterocycles. The highest BCUT2D eigenvalue weighted by Gasteiger charge is 2.12. The number of nitrogens with zero attached hydrogens (tertiary/aromatic N) is 1. The summed E-state index contributed by atoms with van der Waals surface area (Å²) in [5, 5.41) is 0.0139. The van der Waals surface area contributed by atoms with Crippen molar-refractivity contribution >= 4 is 34.9 Å². The van der Waals surface area contributed by atoms with Crippen molar-refractivity contribution in [1.82, 2.24) is 9.55 Å². The molecule has 0 aliphatic carbocycles. The van der Waals surface area contributed by atoms with Gasteiger partial charge in [-0.1, -0.05) is 11.6 Å². The Morgan fingerprint density at radius 3 is 2.65 bits per heavy atom. The summed E-state index contributed by atoms with van der Waals surface area (Å²) in [6.45, 7) is 1.78. The molecule has 0 bridgehead atoms. The normalized spacial score (nSPS) is 11.2. The van der Waals surface area contributed by atoms with Gasteiger partial charge in [0.25, 0.3) is 0 Å². The van der Waals surface area contributed by atoms with Crippen LogP contribution in [0.25, 0.3) is 16.7 Å². The number of rotatable bonds is 1. The van der Waals surface area contributed by atoms with E-state index in [1.165, 1.54) is 24.3 Å². The van der Waals surface area contributed by atoms with Gasteiger partial charge in [-0.25, -0.2) is 8.78 Å². The van der Waals surface area contributed by atoms with E-state index in [0.717, 1.165) is 11.3 Å². The van der Waals surface area contributed by atoms with Gasteiger partial charge in [-0.3, -0.25) is 4.57 Å². The molecule has 2 nitrogen and oxygen atoms in total. The zero-order valence-corrected chi connectivity index (χ0v) is 11.9. The van der Waals surface area contributed by atoms with Gasteiger partial charge in [0.05, 0.1) is 21.7 Å². The van der Waals surface area contributed by atoms with Gasteiger partial charge in [-0.05, 0) is 49.0 Å². The van der Waals surface area contributed by atoms with E-state index in [2.05, 4.69) is 4.98 Å². The maximum absolute atomic E-state index is 13.5. The molecule has 1 N–H and O–H groups in total. The average molecular weight is 311 g/mol. The minimum absolute atomic E-state index is 0.0139. The van der Waals surface area contributed by atoms with Gasteiger partial charge in [0.1, 0.15) is 11.6 Å². The van der Waals surface area contributed by atoms with Crippen LogP contribution in [0.3, 0.4) is 0 Å². The minimum atomic E-state index is -0.515. The smallest absolute Gasteiger partial charge is 0.182 e. The van der Waals surface area contributed by atoms with Crippen LogP contribution < -0.4 is 0 Å². The summed E-state index contributed by atoms with van der Waals surface area (Å²) in [7, 11) is 0. The first-order chi connectivity index (χ1) is 9.47. The van der Waals surface area contributed by atoms with Crippen LogP contribution in [0.15, 0.2) is 30.3 Å². The van der Waals surface area contributed by atoms with Crippen LogP contribution in [0.2, 0.25) is 5.02 Å². The van der Waals surface area contributed by atoms with Crippen LogP contribution in [0.5, 0.6) is 0 Å². The van der Waals surface area contributed by atoms with Crippen molar-refractivity contribution < 1.29 is 8.78 Å². The number of benzene rings is 2. The first-order valence-electron chi connectivity index (χ1n) is 5.83. The second kappa shape index (κ2) is 4.68. The molecule has 0 saturated carbocycles. The highest BCUT2D eigenvalue weighted by atomic mass is 35.5. The Morgan fingerprint density at radius 1 is 1.20 bits per heavy atom. The Hall–Kier alpha value is -1.72. The summed E-state index contributed by atoms with van der Waals surface area (Å²) in [4.78, 5) is 2.92. The summed E-state index contributed by atoms with van der Waals surface area (Å²) in [5.74, 6) is -0.833. The number of imidazole rings is 1. The predicted molar refractivity (Wildman–Crippen MR) is 78.1 cm³/mol. The summed E-state index contributed by atoms with van der Waals surface area (Å²) in [5.41, 5.74) is 2.64. The third-order valence-corrected chi connectivity index (χ3v) is 3.70. The fourth-order valence-electron chi connectivity index (χ4n) is 2.21. The molecule has 0 unspecified atom stereocenters. The van der Waals surface area contributed by atoms with E-state index in [9.17, 15) is 8.78 Å². The summed E-state index contributed by atoms with van der Waals surface area (Å²) < 4.78 is 28.8. The lowest BCUT2D eigenvalue weighted by Crippen LogP contribution is -1.97. The highest BCUT2D eigenvalue weighted by molar-refractivity contribution is 7.71. The summed E-state index contributed by atoms with van der Waals surface area (Å²) in [6, 6.07) is 7.20. The number of fused-ring (bicyclic) bond motifs is 1. The van der Waals surface area contributed by atoms with Crippen molar-refractivity contribution in [1.29, 1.82) is 0 Å². The molecule has 0 amide bonds. The van der Waals surface area contributed by atoms with Crippen LogP contribution in [-0.4, -0.2) is 9.55 Å². The van der Waals surface area contributed by atoms with Gasteiger partial charge in [-0.15, -0.1) is 0 Å². The number of H-pyrrole nitrogens is 1. The number of aromatic nitrogens is 2. The van der Waals surface area contributed by atoms with Crippen molar-refractivity contribution in [3.05, 3.63) is 57.3 Å². The van der Waals surface area contributed by atoms with Crippen LogP contribution in [0.4, 0.5) is 8.78 Å². The van der Waals surface area contributed by atoms with Crippen molar-refractivity contribution in [3.8, 4) is 5.69 Å². The van der Waals surface area contributed by atoms with Gasteiger partial charge in [0.15, 0.2) is 4.77 Å². The van der Waals surface area contributed by atoms with E-state index >= 15 is 0 Å². The van der Waals surface area contributed by atoms with Crippen molar-refractivity contribution in [2.45, 2.75) is 6.92 Å². The number of aryl methyl sites for hydroxylation is 1. The molecule has 0 spiro atoms. The van der Waals surface area contributed by atoms with E-state index in [0.29, 0.717) is 15.8 Å². The molecule has 0 radical (unpaired) electrons. The summed E-state index contributed by atoms with van der Waals surface area (Å²) in [6.07, 6.45) is 0. The Labute approximate surface area is 123 Å². The molecule has 3 rings (SSSR count). The van der Waals surface area contributed by atoms with E-state index in [1.807, 2.05) is 0 Å². The molecule has 0 saturated heterocycles. The number of aromatic amines is 1. The molecule has 6 heteroatoms. The van der Waals surface area contributed by atoms with E-state index < -0.39 is 5.82 Å². The molecule has 2 aromatic carbocycles. The largest absolute Gasteiger partial charge is 0.330 e. The van der Waals surface area contributed by atoms with Gasteiger partial charge in [0, 0.05) is 6.07 Å². The molecule has 0 aliphatic heterocycles. The fourth-order valence-corrected chi connectivity index (χ4v) is 2.68. The summed E-state index contributed by atoms with van der Waals surface area (Å²) >= 11 is 11.1. The molecule has 1 aromatic heterocycles. The zero-order valence-electron chi connectivity index (χ0n) is 10.4. The SMILES string of the molecule is Cc1cc(F)ccc1-n1c(=S)[nH]c2cc(F)c(Cl)cc21. The van der Waals surface area contributed by atoms with Gasteiger partial charge in [-0.2, -0.15) is 0 Å². The molecule has 0 fully saturated rings. The number of nitrogens with one attached hydrogen (secondary N) is 1. The van der Waals surface area contributed by atoms with Crippen molar-refractivity contribution in [2.24, 2.45) is 0 Å². The highest BCUT2D eigenvalue weighted by Crippen LogP contribution is 2.26. The first kappa shape index (κ1) is 13.3. The number of hydrogen-bond acceptors (Lipinski definition) is 1. The predicted octanol–water partition coefficient (Wildman–Crippen LogP) is 4.93. The minimum Gasteiger partial charge on any atom is -0.330 e. The zero-order chi connectivity index (χ0) is 14.4. The van der Waals surface area contributed by atoms with E-state index in [1.54, 1.807) is 17.6 Å². The second-order valence-electron chi connectivity index (χ2n) is 4.48. The molecule has 20 heavy (non-hydrogen) atoms. The van der Waals surface area contributed by atoms with Crippen molar-refractivity contribution in [3.63, 3.8) is 0 Å². The Balaban J connectivity index is 2.39. The standard InChI is InChI=1S/C14H9ClF2N2S/c1-7-4-8(16)2-3-12(7)19-13-5-9(15)10(17)6-11(13)18-14(19)20/h2-6H,1H3,(H,18,20).